The van der Waals surface area contributed by atoms with E-state index in [1.54, 1.807) is 18.2 Å². The Labute approximate surface area is 160 Å². The maximum Gasteiger partial charge on any atom is 0.254 e. The van der Waals surface area contributed by atoms with Crippen LogP contribution in [0.3, 0.4) is 0 Å². The van der Waals surface area contributed by atoms with Gasteiger partial charge < -0.3 is 14.9 Å². The molecule has 3 aliphatic rings. The summed E-state index contributed by atoms with van der Waals surface area (Å²) >= 11 is 0. The summed E-state index contributed by atoms with van der Waals surface area (Å²) in [6, 6.07) is 6.56. The number of likely N-dealkylation sites (N-methyl/N-ethyl adjacent to an activating group) is 1. The highest BCUT2D eigenvalue weighted by Gasteiger charge is 2.44. The van der Waals surface area contributed by atoms with Gasteiger partial charge in [-0.25, -0.2) is 0 Å². The topological polar surface area (TPSA) is 64.1 Å². The predicted molar refractivity (Wildman–Crippen MR) is 103 cm³/mol. The first-order chi connectivity index (χ1) is 13.0. The van der Waals surface area contributed by atoms with E-state index in [-0.39, 0.29) is 23.1 Å². The smallest absolute Gasteiger partial charge is 0.254 e. The van der Waals surface area contributed by atoms with Crippen LogP contribution in [0.5, 0.6) is 5.75 Å². The number of phenols is 1. The van der Waals surface area contributed by atoms with Crippen LogP contribution in [0.4, 0.5) is 0 Å². The average Bonchev–Trinajstić information content (AvgIpc) is 3.49. The lowest BCUT2D eigenvalue weighted by atomic mass is 9.86. The Bertz CT molecular complexity index is 733. The Balaban J connectivity index is 1.49. The van der Waals surface area contributed by atoms with Crippen molar-refractivity contribution in [1.29, 1.82) is 0 Å². The third kappa shape index (κ3) is 3.81. The van der Waals surface area contributed by atoms with E-state index in [9.17, 15) is 14.7 Å². The molecule has 1 saturated carbocycles. The average molecular weight is 371 g/mol. The summed E-state index contributed by atoms with van der Waals surface area (Å²) < 4.78 is 0. The molecule has 1 aliphatic carbocycles. The number of hydrogen-bond acceptors (Lipinski definition) is 4. The molecular weight excluding hydrogens is 342 g/mol. The Morgan fingerprint density at radius 2 is 2.04 bits per heavy atom. The maximum atomic E-state index is 13.0. The van der Waals surface area contributed by atoms with Crippen molar-refractivity contribution in [3.05, 3.63) is 29.8 Å². The van der Waals surface area contributed by atoms with Crippen molar-refractivity contribution in [2.75, 3.05) is 39.8 Å². The lowest BCUT2D eigenvalue weighted by molar-refractivity contribution is -0.130. The summed E-state index contributed by atoms with van der Waals surface area (Å²) in [5.41, 5.74) is 0.383. The van der Waals surface area contributed by atoms with Gasteiger partial charge in [-0.3, -0.25) is 14.5 Å². The molecule has 1 N–H and O–H groups in total. The normalized spacial score (nSPS) is 27.1. The van der Waals surface area contributed by atoms with Crippen LogP contribution in [-0.2, 0) is 4.79 Å². The van der Waals surface area contributed by atoms with Gasteiger partial charge in [0.15, 0.2) is 0 Å². The first-order valence-electron chi connectivity index (χ1n) is 10.0. The zero-order valence-electron chi connectivity index (χ0n) is 16.1. The molecule has 0 radical (unpaired) electrons. The fourth-order valence-corrected chi connectivity index (χ4v) is 4.49. The number of piperazine rings is 1. The number of amides is 2. The minimum atomic E-state index is -0.140. The van der Waals surface area contributed by atoms with Crippen molar-refractivity contribution in [2.45, 2.75) is 37.6 Å². The van der Waals surface area contributed by atoms with E-state index >= 15 is 0 Å². The zero-order chi connectivity index (χ0) is 19.0. The SMILES string of the molecule is CN1CCN(C(=O)c2cccc(O)c2)C[C@@]12CCC(=O)N(CC1CC1)CC2. The van der Waals surface area contributed by atoms with Gasteiger partial charge in [-0.2, -0.15) is 0 Å². The van der Waals surface area contributed by atoms with Crippen LogP contribution in [0.2, 0.25) is 0 Å². The molecule has 1 aromatic rings. The number of hydrogen-bond donors (Lipinski definition) is 1. The summed E-state index contributed by atoms with van der Waals surface area (Å²) in [5.74, 6) is 1.05. The zero-order valence-corrected chi connectivity index (χ0v) is 16.1. The molecule has 27 heavy (non-hydrogen) atoms. The van der Waals surface area contributed by atoms with Crippen LogP contribution in [0.15, 0.2) is 24.3 Å². The van der Waals surface area contributed by atoms with Gasteiger partial charge in [0.05, 0.1) is 0 Å². The third-order valence-electron chi connectivity index (χ3n) is 6.56. The fourth-order valence-electron chi connectivity index (χ4n) is 4.49. The van der Waals surface area contributed by atoms with E-state index in [0.717, 1.165) is 32.5 Å². The van der Waals surface area contributed by atoms with Crippen molar-refractivity contribution < 1.29 is 14.7 Å². The second-order valence-corrected chi connectivity index (χ2v) is 8.46. The van der Waals surface area contributed by atoms with Crippen LogP contribution >= 0.6 is 0 Å². The van der Waals surface area contributed by atoms with E-state index in [4.69, 9.17) is 0 Å². The van der Waals surface area contributed by atoms with E-state index < -0.39 is 0 Å². The van der Waals surface area contributed by atoms with E-state index in [1.165, 1.54) is 18.9 Å². The molecular formula is C21H29N3O3. The number of likely N-dealkylation sites (tertiary alicyclic amines) is 1. The quantitative estimate of drug-likeness (QED) is 0.882. The molecule has 1 aromatic carbocycles. The molecule has 2 saturated heterocycles. The van der Waals surface area contributed by atoms with Crippen molar-refractivity contribution in [3.8, 4) is 5.75 Å². The highest BCUT2D eigenvalue weighted by atomic mass is 16.3. The summed E-state index contributed by atoms with van der Waals surface area (Å²) in [7, 11) is 2.12. The molecule has 6 heteroatoms. The van der Waals surface area contributed by atoms with Crippen LogP contribution < -0.4 is 0 Å². The number of aromatic hydroxyl groups is 1. The molecule has 3 fully saturated rings. The molecule has 4 rings (SSSR count). The summed E-state index contributed by atoms with van der Waals surface area (Å²) in [6.45, 7) is 3.81. The first kappa shape index (κ1) is 18.3. The van der Waals surface area contributed by atoms with E-state index in [1.807, 2.05) is 4.90 Å². The molecule has 0 unspecified atom stereocenters. The second-order valence-electron chi connectivity index (χ2n) is 8.46. The van der Waals surface area contributed by atoms with Gasteiger partial charge >= 0.3 is 0 Å². The number of benzene rings is 1. The number of carbonyl (C=O) groups excluding carboxylic acids is 2. The van der Waals surface area contributed by atoms with Gasteiger partial charge in [-0.05, 0) is 56.8 Å². The van der Waals surface area contributed by atoms with Crippen LogP contribution in [0.25, 0.3) is 0 Å². The highest BCUT2D eigenvalue weighted by molar-refractivity contribution is 5.94. The number of rotatable bonds is 3. The fraction of sp³-hybridized carbons (Fsp3) is 0.619. The minimum absolute atomic E-state index is 0.0382. The van der Waals surface area contributed by atoms with Gasteiger partial charge in [0.1, 0.15) is 5.75 Å². The Kier molecular flexibility index (Phi) is 4.84. The van der Waals surface area contributed by atoms with Crippen LogP contribution in [-0.4, -0.2) is 76.9 Å². The van der Waals surface area contributed by atoms with Crippen molar-refractivity contribution in [1.82, 2.24) is 14.7 Å². The molecule has 2 heterocycles. The Morgan fingerprint density at radius 1 is 1.22 bits per heavy atom. The van der Waals surface area contributed by atoms with Gasteiger partial charge in [-0.1, -0.05) is 6.07 Å². The lowest BCUT2D eigenvalue weighted by Crippen LogP contribution is -2.62. The predicted octanol–water partition coefficient (Wildman–Crippen LogP) is 1.94. The summed E-state index contributed by atoms with van der Waals surface area (Å²) in [5, 5.41) is 9.70. The van der Waals surface area contributed by atoms with Crippen LogP contribution in [0.1, 0.15) is 42.5 Å². The van der Waals surface area contributed by atoms with E-state index in [0.29, 0.717) is 31.0 Å². The molecule has 146 valence electrons. The molecule has 2 amide bonds. The third-order valence-corrected chi connectivity index (χ3v) is 6.56. The first-order valence-corrected chi connectivity index (χ1v) is 10.0. The van der Waals surface area contributed by atoms with Gasteiger partial charge in [0, 0.05) is 50.2 Å². The Hall–Kier alpha value is -2.08. The van der Waals surface area contributed by atoms with Crippen molar-refractivity contribution in [2.24, 2.45) is 5.92 Å². The number of phenolic OH excluding ortho intramolecular Hbond substituents is 1. The molecule has 6 nitrogen and oxygen atoms in total. The summed E-state index contributed by atoms with van der Waals surface area (Å²) in [4.78, 5) is 31.9. The largest absolute Gasteiger partial charge is 0.508 e. The molecule has 0 bridgehead atoms. The van der Waals surface area contributed by atoms with Crippen LogP contribution in [0, 0.1) is 5.92 Å². The molecule has 2 aliphatic heterocycles. The monoisotopic (exact) mass is 371 g/mol. The number of nitrogens with zero attached hydrogens (tertiary/aromatic N) is 3. The van der Waals surface area contributed by atoms with Gasteiger partial charge in [-0.15, -0.1) is 0 Å². The van der Waals surface area contributed by atoms with Crippen molar-refractivity contribution >= 4 is 11.8 Å². The molecule has 1 spiro atoms. The lowest BCUT2D eigenvalue weighted by Gasteiger charge is -2.49. The van der Waals surface area contributed by atoms with Gasteiger partial charge in [0.2, 0.25) is 5.91 Å². The standard InChI is InChI=1S/C21H29N3O3/c1-22-11-12-24(20(27)17-3-2-4-18(25)13-17)15-21(22)8-7-19(26)23(10-9-21)14-16-5-6-16/h2-4,13,16,25H,5-12,14-15H2,1H3/t21-/m0/s1. The van der Waals surface area contributed by atoms with E-state index in [2.05, 4.69) is 16.8 Å². The molecule has 1 atom stereocenters. The minimum Gasteiger partial charge on any atom is -0.508 e. The molecule has 0 aromatic heterocycles. The highest BCUT2D eigenvalue weighted by Crippen LogP contribution is 2.35. The number of carbonyl (C=O) groups is 2. The second kappa shape index (κ2) is 7.15. The van der Waals surface area contributed by atoms with Crippen molar-refractivity contribution in [3.63, 3.8) is 0 Å². The maximum absolute atomic E-state index is 13.0. The van der Waals surface area contributed by atoms with Gasteiger partial charge in [0.25, 0.3) is 5.91 Å². The summed E-state index contributed by atoms with van der Waals surface area (Å²) in [6.07, 6.45) is 4.77. The Morgan fingerprint density at radius 3 is 2.78 bits per heavy atom.